The molecule has 1 spiro atoms. The Balaban J connectivity index is 1.37. The van der Waals surface area contributed by atoms with E-state index in [1.165, 1.54) is 7.11 Å². The van der Waals surface area contributed by atoms with Crippen LogP contribution < -0.4 is 14.2 Å². The van der Waals surface area contributed by atoms with Crippen LogP contribution in [0.2, 0.25) is 0 Å². The maximum atomic E-state index is 13.2. The number of carbonyl (C=O) groups is 2. The number of benzene rings is 2. The van der Waals surface area contributed by atoms with Crippen LogP contribution in [0.25, 0.3) is 11.0 Å². The number of para-hydroxylation sites is 1. The van der Waals surface area contributed by atoms with E-state index in [9.17, 15) is 9.59 Å². The standard InChI is InChI=1S/C25H25NO6/c1-15-17-6-4-5-7-19(17)31-23(15)24(28)26-10-8-25(9-11-26)14-18(27)22-20(30-3)12-16(29-2)13-21(22)32-25/h4-7,12-13H,8-11,14H2,1-3H3. The second kappa shape index (κ2) is 7.58. The Labute approximate surface area is 185 Å². The monoisotopic (exact) mass is 435 g/mol. The third kappa shape index (κ3) is 3.20. The summed E-state index contributed by atoms with van der Waals surface area (Å²) in [6, 6.07) is 11.1. The molecule has 2 aromatic carbocycles. The van der Waals surface area contributed by atoms with Crippen LogP contribution in [0, 0.1) is 6.92 Å². The number of Topliss-reactive ketones (excluding diaryl/α,β-unsaturated/α-hetero) is 1. The van der Waals surface area contributed by atoms with Gasteiger partial charge in [0.25, 0.3) is 5.91 Å². The Kier molecular flexibility index (Phi) is 4.84. The number of furan rings is 1. The number of rotatable bonds is 3. The van der Waals surface area contributed by atoms with Crippen LogP contribution in [0.5, 0.6) is 17.2 Å². The Morgan fingerprint density at radius 2 is 1.84 bits per heavy atom. The molecule has 2 aliphatic rings. The summed E-state index contributed by atoms with van der Waals surface area (Å²) < 4.78 is 23.0. The Hall–Kier alpha value is -3.48. The highest BCUT2D eigenvalue weighted by Gasteiger charge is 2.45. The van der Waals surface area contributed by atoms with E-state index in [2.05, 4.69) is 0 Å². The van der Waals surface area contributed by atoms with Gasteiger partial charge in [-0.25, -0.2) is 0 Å². The zero-order chi connectivity index (χ0) is 22.5. The summed E-state index contributed by atoms with van der Waals surface area (Å²) in [6.45, 7) is 2.88. The normalized spacial score (nSPS) is 17.2. The molecule has 1 saturated heterocycles. The number of fused-ring (bicyclic) bond motifs is 2. The molecular formula is C25H25NO6. The number of methoxy groups -OCH3 is 2. The molecule has 0 saturated carbocycles. The number of ketones is 1. The summed E-state index contributed by atoms with van der Waals surface area (Å²) in [5, 5.41) is 0.949. The second-order valence-corrected chi connectivity index (χ2v) is 8.43. The number of hydrogen-bond donors (Lipinski definition) is 0. The topological polar surface area (TPSA) is 78.2 Å². The minimum Gasteiger partial charge on any atom is -0.496 e. The van der Waals surface area contributed by atoms with E-state index < -0.39 is 5.60 Å². The summed E-state index contributed by atoms with van der Waals surface area (Å²) in [6.07, 6.45) is 1.37. The first-order valence-corrected chi connectivity index (χ1v) is 10.7. The highest BCUT2D eigenvalue weighted by Crippen LogP contribution is 2.45. The highest BCUT2D eigenvalue weighted by molar-refractivity contribution is 6.03. The molecule has 0 N–H and O–H groups in total. The largest absolute Gasteiger partial charge is 0.496 e. The van der Waals surface area contributed by atoms with Crippen LogP contribution in [-0.2, 0) is 0 Å². The lowest BCUT2D eigenvalue weighted by Gasteiger charge is -2.44. The van der Waals surface area contributed by atoms with Crippen LogP contribution in [0.3, 0.4) is 0 Å². The Bertz CT molecular complexity index is 1220. The number of piperidine rings is 1. The summed E-state index contributed by atoms with van der Waals surface area (Å²) in [4.78, 5) is 28.0. The first kappa shape index (κ1) is 20.4. The molecule has 3 aromatic rings. The molecule has 1 aromatic heterocycles. The zero-order valence-corrected chi connectivity index (χ0v) is 18.4. The number of carbonyl (C=O) groups excluding carboxylic acids is 2. The van der Waals surface area contributed by atoms with E-state index in [0.29, 0.717) is 60.1 Å². The lowest BCUT2D eigenvalue weighted by Crippen LogP contribution is -2.52. The van der Waals surface area contributed by atoms with Crippen molar-refractivity contribution < 1.29 is 28.2 Å². The van der Waals surface area contributed by atoms with Crippen molar-refractivity contribution in [3.8, 4) is 17.2 Å². The first-order chi connectivity index (χ1) is 15.4. The number of ether oxygens (including phenoxy) is 3. The quantitative estimate of drug-likeness (QED) is 0.607. The van der Waals surface area contributed by atoms with Crippen LogP contribution in [0.15, 0.2) is 40.8 Å². The Morgan fingerprint density at radius 1 is 1.09 bits per heavy atom. The summed E-state index contributed by atoms with van der Waals surface area (Å²) in [7, 11) is 3.09. The van der Waals surface area contributed by atoms with Gasteiger partial charge in [-0.15, -0.1) is 0 Å². The van der Waals surface area contributed by atoms with Gasteiger partial charge in [-0.3, -0.25) is 9.59 Å². The number of aryl methyl sites for hydroxylation is 1. The van der Waals surface area contributed by atoms with Gasteiger partial charge in [-0.05, 0) is 13.0 Å². The van der Waals surface area contributed by atoms with Crippen LogP contribution in [0.1, 0.15) is 45.7 Å². The lowest BCUT2D eigenvalue weighted by atomic mass is 9.82. The van der Waals surface area contributed by atoms with Gasteiger partial charge in [0.2, 0.25) is 0 Å². The van der Waals surface area contributed by atoms with Gasteiger partial charge in [0.15, 0.2) is 11.5 Å². The van der Waals surface area contributed by atoms with Crippen molar-refractivity contribution in [1.29, 1.82) is 0 Å². The average Bonchev–Trinajstić information content (AvgIpc) is 3.14. The summed E-state index contributed by atoms with van der Waals surface area (Å²) in [5.74, 6) is 1.73. The molecule has 0 bridgehead atoms. The Morgan fingerprint density at radius 3 is 2.53 bits per heavy atom. The molecule has 0 aliphatic carbocycles. The fraction of sp³-hybridized carbons (Fsp3) is 0.360. The van der Waals surface area contributed by atoms with Gasteiger partial charge in [0.1, 0.15) is 34.0 Å². The fourth-order valence-corrected chi connectivity index (χ4v) is 4.77. The van der Waals surface area contributed by atoms with Crippen molar-refractivity contribution in [2.45, 2.75) is 31.8 Å². The molecule has 0 radical (unpaired) electrons. The molecule has 1 amide bonds. The van der Waals surface area contributed by atoms with E-state index in [1.54, 1.807) is 24.1 Å². The fourth-order valence-electron chi connectivity index (χ4n) is 4.77. The predicted molar refractivity (Wildman–Crippen MR) is 118 cm³/mol. The lowest BCUT2D eigenvalue weighted by molar-refractivity contribution is -0.00678. The van der Waals surface area contributed by atoms with E-state index in [1.807, 2.05) is 31.2 Å². The highest BCUT2D eigenvalue weighted by atomic mass is 16.5. The minimum absolute atomic E-state index is 0.0151. The smallest absolute Gasteiger partial charge is 0.289 e. The zero-order valence-electron chi connectivity index (χ0n) is 18.4. The van der Waals surface area contributed by atoms with Gasteiger partial charge in [0, 0.05) is 49.0 Å². The van der Waals surface area contributed by atoms with Gasteiger partial charge < -0.3 is 23.5 Å². The number of nitrogens with zero attached hydrogens (tertiary/aromatic N) is 1. The first-order valence-electron chi connectivity index (χ1n) is 10.7. The maximum absolute atomic E-state index is 13.2. The predicted octanol–water partition coefficient (Wildman–Crippen LogP) is 4.40. The molecule has 0 unspecified atom stereocenters. The number of hydrogen-bond acceptors (Lipinski definition) is 6. The molecule has 1 fully saturated rings. The van der Waals surface area contributed by atoms with Crippen LogP contribution >= 0.6 is 0 Å². The van der Waals surface area contributed by atoms with Gasteiger partial charge in [-0.2, -0.15) is 0 Å². The van der Waals surface area contributed by atoms with E-state index in [-0.39, 0.29) is 18.1 Å². The van der Waals surface area contributed by atoms with E-state index in [4.69, 9.17) is 18.6 Å². The molecule has 2 aliphatic heterocycles. The molecule has 3 heterocycles. The molecule has 7 nitrogen and oxygen atoms in total. The molecule has 32 heavy (non-hydrogen) atoms. The molecule has 7 heteroatoms. The molecule has 5 rings (SSSR count). The van der Waals surface area contributed by atoms with E-state index >= 15 is 0 Å². The summed E-state index contributed by atoms with van der Waals surface area (Å²) in [5.41, 5.74) is 1.38. The van der Waals surface area contributed by atoms with Crippen molar-refractivity contribution in [3.05, 3.63) is 53.3 Å². The number of amides is 1. The second-order valence-electron chi connectivity index (χ2n) is 8.43. The van der Waals surface area contributed by atoms with Crippen molar-refractivity contribution in [1.82, 2.24) is 4.90 Å². The van der Waals surface area contributed by atoms with Gasteiger partial charge >= 0.3 is 0 Å². The van der Waals surface area contributed by atoms with Crippen LogP contribution in [0.4, 0.5) is 0 Å². The third-order valence-corrected chi connectivity index (χ3v) is 6.58. The number of likely N-dealkylation sites (tertiary alicyclic amines) is 1. The van der Waals surface area contributed by atoms with Gasteiger partial charge in [0.05, 0.1) is 20.6 Å². The molecule has 0 atom stereocenters. The van der Waals surface area contributed by atoms with Crippen LogP contribution in [-0.4, -0.2) is 49.5 Å². The SMILES string of the molecule is COc1cc(OC)c2c(c1)OC1(CCN(C(=O)c3oc4ccccc4c3C)CC1)CC2=O. The van der Waals surface area contributed by atoms with Crippen molar-refractivity contribution in [2.24, 2.45) is 0 Å². The molecule has 166 valence electrons. The summed E-state index contributed by atoms with van der Waals surface area (Å²) >= 11 is 0. The van der Waals surface area contributed by atoms with E-state index in [0.717, 1.165) is 10.9 Å². The molecular weight excluding hydrogens is 410 g/mol. The average molecular weight is 435 g/mol. The van der Waals surface area contributed by atoms with Gasteiger partial charge in [-0.1, -0.05) is 18.2 Å². The van der Waals surface area contributed by atoms with Crippen molar-refractivity contribution >= 4 is 22.7 Å². The van der Waals surface area contributed by atoms with Crippen molar-refractivity contribution in [2.75, 3.05) is 27.3 Å². The van der Waals surface area contributed by atoms with Crippen molar-refractivity contribution in [3.63, 3.8) is 0 Å². The third-order valence-electron chi connectivity index (χ3n) is 6.58. The maximum Gasteiger partial charge on any atom is 0.289 e. The minimum atomic E-state index is -0.638.